The minimum absolute atomic E-state index is 0.0633. The number of pyridine rings is 1. The van der Waals surface area contributed by atoms with Gasteiger partial charge in [0.15, 0.2) is 17.4 Å². The number of halogens is 3. The summed E-state index contributed by atoms with van der Waals surface area (Å²) in [6.45, 7) is 10.3. The molecule has 3 heterocycles. The Morgan fingerprint density at radius 1 is 1.16 bits per heavy atom. The normalized spacial score (nSPS) is 14.1. The minimum Gasteiger partial charge on any atom is -0.450 e. The zero-order valence-electron chi connectivity index (χ0n) is 25.4. The van der Waals surface area contributed by atoms with Gasteiger partial charge in [0, 0.05) is 62.4 Å². The first-order chi connectivity index (χ1) is 21.4. The molecule has 236 valence electrons. The van der Waals surface area contributed by atoms with Gasteiger partial charge in [-0.2, -0.15) is 5.26 Å². The Balaban J connectivity index is 1.45. The highest BCUT2D eigenvalue weighted by Gasteiger charge is 2.27. The van der Waals surface area contributed by atoms with E-state index in [1.165, 1.54) is 24.4 Å². The number of hydrogen-bond donors (Lipinski definition) is 2. The molecule has 1 aliphatic heterocycles. The lowest BCUT2D eigenvalue weighted by atomic mass is 10.0. The number of benzene rings is 2. The lowest BCUT2D eigenvalue weighted by molar-refractivity contribution is -0.0444. The summed E-state index contributed by atoms with van der Waals surface area (Å²) in [6, 6.07) is 9.49. The zero-order chi connectivity index (χ0) is 32.3. The van der Waals surface area contributed by atoms with Crippen molar-refractivity contribution in [1.29, 1.82) is 5.26 Å². The molecule has 2 N–H and O–H groups in total. The van der Waals surface area contributed by atoms with Crippen molar-refractivity contribution < 1.29 is 32.2 Å². The Kier molecular flexibility index (Phi) is 9.47. The van der Waals surface area contributed by atoms with Gasteiger partial charge in [-0.3, -0.25) is 0 Å². The average molecular weight is 638 g/mol. The van der Waals surface area contributed by atoms with Crippen LogP contribution in [0.3, 0.4) is 0 Å². The molecular formula is C32H34F3N5O4Si. The zero-order valence-corrected chi connectivity index (χ0v) is 26.4. The van der Waals surface area contributed by atoms with Gasteiger partial charge in [0.2, 0.25) is 0 Å². The van der Waals surface area contributed by atoms with Crippen LogP contribution in [0.15, 0.2) is 48.8 Å². The number of fused-ring (bicyclic) bond motifs is 1. The lowest BCUT2D eigenvalue weighted by Gasteiger charge is -2.31. The van der Waals surface area contributed by atoms with Crippen LogP contribution in [-0.4, -0.2) is 49.5 Å². The highest BCUT2D eigenvalue weighted by Crippen LogP contribution is 2.40. The number of urea groups is 1. The van der Waals surface area contributed by atoms with Crippen LogP contribution in [0, 0.1) is 34.7 Å². The summed E-state index contributed by atoms with van der Waals surface area (Å²) < 4.78 is 63.9. The molecule has 13 heteroatoms. The maximum absolute atomic E-state index is 15.3. The van der Waals surface area contributed by atoms with E-state index < -0.39 is 37.3 Å². The van der Waals surface area contributed by atoms with Gasteiger partial charge in [-0.05, 0) is 36.7 Å². The van der Waals surface area contributed by atoms with Crippen molar-refractivity contribution in [3.05, 3.63) is 71.8 Å². The summed E-state index contributed by atoms with van der Waals surface area (Å²) in [6.07, 6.45) is 3.14. The molecule has 5 rings (SSSR count). The van der Waals surface area contributed by atoms with Gasteiger partial charge < -0.3 is 29.4 Å². The van der Waals surface area contributed by atoms with E-state index in [-0.39, 0.29) is 35.7 Å². The van der Waals surface area contributed by atoms with Gasteiger partial charge in [-0.15, -0.1) is 0 Å². The van der Waals surface area contributed by atoms with Crippen molar-refractivity contribution >= 4 is 30.8 Å². The van der Waals surface area contributed by atoms with Gasteiger partial charge in [-0.25, -0.2) is 22.9 Å². The Hall–Kier alpha value is -4.38. The third-order valence-corrected chi connectivity index (χ3v) is 9.25. The standard InChI is InChI=1S/C32H34F3N5O4Si/c1-19(22-16-43-17-22)38-32(41)39-23-12-26(34)30(27(35)13-23)44-28-7-8-37-31-29(28)24(20-5-6-21(14-36)25(33)11-20)15-40(31)18-42-9-10-45(2,3)4/h5-8,11-13,15,19,22H,9-10,16-18H2,1-4H3,(H2,38,39,41)/t19-/m1/s1. The van der Waals surface area contributed by atoms with E-state index in [4.69, 9.17) is 14.2 Å². The number of nitrogens with one attached hydrogen (secondary N) is 2. The van der Waals surface area contributed by atoms with Gasteiger partial charge >= 0.3 is 6.03 Å². The number of rotatable bonds is 11. The fourth-order valence-corrected chi connectivity index (χ4v) is 5.53. The number of carbonyl (C=O) groups excluding carboxylic acids is 1. The summed E-state index contributed by atoms with van der Waals surface area (Å²) in [5.41, 5.74) is 1.05. The first-order valence-corrected chi connectivity index (χ1v) is 18.2. The molecular weight excluding hydrogens is 603 g/mol. The molecule has 0 aliphatic carbocycles. The van der Waals surface area contributed by atoms with Crippen LogP contribution in [0.2, 0.25) is 25.7 Å². The maximum Gasteiger partial charge on any atom is 0.319 e. The second kappa shape index (κ2) is 13.3. The van der Waals surface area contributed by atoms with Crippen molar-refractivity contribution in [2.75, 3.05) is 25.1 Å². The topological polar surface area (TPSA) is 110 Å². The van der Waals surface area contributed by atoms with Gasteiger partial charge in [0.05, 0.1) is 24.2 Å². The summed E-state index contributed by atoms with van der Waals surface area (Å²) in [5.74, 6) is -3.26. The Morgan fingerprint density at radius 3 is 2.51 bits per heavy atom. The molecule has 0 unspecified atom stereocenters. The van der Waals surface area contributed by atoms with Gasteiger partial charge in [0.1, 0.15) is 30.0 Å². The van der Waals surface area contributed by atoms with E-state index in [0.29, 0.717) is 42.0 Å². The van der Waals surface area contributed by atoms with Crippen molar-refractivity contribution in [1.82, 2.24) is 14.9 Å². The van der Waals surface area contributed by atoms with Gasteiger partial charge in [0.25, 0.3) is 0 Å². The van der Waals surface area contributed by atoms with Crippen molar-refractivity contribution in [2.45, 2.75) is 45.4 Å². The predicted molar refractivity (Wildman–Crippen MR) is 166 cm³/mol. The van der Waals surface area contributed by atoms with Crippen LogP contribution in [0.1, 0.15) is 12.5 Å². The molecule has 0 spiro atoms. The molecule has 1 saturated heterocycles. The molecule has 0 saturated carbocycles. The Bertz CT molecular complexity index is 1740. The first-order valence-electron chi connectivity index (χ1n) is 14.5. The summed E-state index contributed by atoms with van der Waals surface area (Å²) >= 11 is 0. The molecule has 2 aromatic heterocycles. The number of nitriles is 1. The Morgan fingerprint density at radius 2 is 1.89 bits per heavy atom. The molecule has 0 bridgehead atoms. The van der Waals surface area contributed by atoms with Crippen LogP contribution >= 0.6 is 0 Å². The Labute approximate surface area is 259 Å². The van der Waals surface area contributed by atoms with Crippen LogP contribution in [0.5, 0.6) is 11.5 Å². The van der Waals surface area contributed by atoms with Crippen LogP contribution < -0.4 is 15.4 Å². The monoisotopic (exact) mass is 637 g/mol. The largest absolute Gasteiger partial charge is 0.450 e. The minimum atomic E-state index is -1.34. The fraction of sp³-hybridized carbons (Fsp3) is 0.344. The van der Waals surface area contributed by atoms with E-state index in [0.717, 1.165) is 18.2 Å². The highest BCUT2D eigenvalue weighted by atomic mass is 28.3. The second-order valence-corrected chi connectivity index (χ2v) is 17.9. The SMILES string of the molecule is C[C@@H](NC(=O)Nc1cc(F)c(Oc2ccnc3c2c(-c2ccc(C#N)c(F)c2)cn3COCC[Si](C)(C)C)c(F)c1)C1COC1. The molecule has 45 heavy (non-hydrogen) atoms. The van der Waals surface area contributed by atoms with Gasteiger partial charge in [-0.1, -0.05) is 25.7 Å². The predicted octanol–water partition coefficient (Wildman–Crippen LogP) is 7.25. The smallest absolute Gasteiger partial charge is 0.319 e. The quantitative estimate of drug-likeness (QED) is 0.132. The molecule has 1 atom stereocenters. The third-order valence-electron chi connectivity index (χ3n) is 7.54. The van der Waals surface area contributed by atoms with E-state index in [9.17, 15) is 14.4 Å². The van der Waals surface area contributed by atoms with E-state index in [1.807, 2.05) is 6.92 Å². The van der Waals surface area contributed by atoms with Crippen LogP contribution in [-0.2, 0) is 16.2 Å². The molecule has 2 aromatic carbocycles. The number of aromatic nitrogens is 2. The summed E-state index contributed by atoms with van der Waals surface area (Å²) in [4.78, 5) is 16.9. The average Bonchev–Trinajstić information content (AvgIpc) is 3.31. The van der Waals surface area contributed by atoms with E-state index in [1.54, 1.807) is 22.9 Å². The summed E-state index contributed by atoms with van der Waals surface area (Å²) in [7, 11) is -1.34. The van der Waals surface area contributed by atoms with Crippen molar-refractivity contribution in [3.63, 3.8) is 0 Å². The van der Waals surface area contributed by atoms with Crippen molar-refractivity contribution in [2.24, 2.45) is 5.92 Å². The maximum atomic E-state index is 15.3. The molecule has 2 amide bonds. The van der Waals surface area contributed by atoms with Crippen LogP contribution in [0.4, 0.5) is 23.7 Å². The molecule has 1 fully saturated rings. The first kappa shape index (κ1) is 32.0. The van der Waals surface area contributed by atoms with E-state index >= 15 is 8.78 Å². The molecule has 0 radical (unpaired) electrons. The fourth-order valence-electron chi connectivity index (χ4n) is 4.78. The van der Waals surface area contributed by atoms with Crippen molar-refractivity contribution in [3.8, 4) is 28.7 Å². The summed E-state index contributed by atoms with van der Waals surface area (Å²) in [5, 5.41) is 14.7. The molecule has 1 aliphatic rings. The second-order valence-electron chi connectivity index (χ2n) is 12.2. The number of nitrogens with zero attached hydrogens (tertiary/aromatic N) is 3. The number of ether oxygens (including phenoxy) is 3. The number of anilines is 1. The molecule has 9 nitrogen and oxygen atoms in total. The third kappa shape index (κ3) is 7.47. The molecule has 4 aromatic rings. The van der Waals surface area contributed by atoms with E-state index in [2.05, 4.69) is 35.3 Å². The highest BCUT2D eigenvalue weighted by molar-refractivity contribution is 6.76. The number of amides is 2. The lowest BCUT2D eigenvalue weighted by Crippen LogP contribution is -2.47. The number of hydrogen-bond acceptors (Lipinski definition) is 6. The van der Waals surface area contributed by atoms with Crippen LogP contribution in [0.25, 0.3) is 22.2 Å². The number of carbonyl (C=O) groups is 1.